The molecule has 2 aliphatic heterocycles. The summed E-state index contributed by atoms with van der Waals surface area (Å²) in [7, 11) is 1.28. The first-order chi connectivity index (χ1) is 34.8. The third-order valence-electron chi connectivity index (χ3n) is 12.7. The molecule has 1 fully saturated rings. The van der Waals surface area contributed by atoms with E-state index in [0.29, 0.717) is 22.9 Å². The first kappa shape index (κ1) is 46.9. The van der Waals surface area contributed by atoms with Crippen LogP contribution in [0.15, 0.2) is 227 Å². The average molecular weight is 994 g/mol. The molecule has 2 N–H and O–H groups in total. The number of anilines is 1. The molecule has 2 aliphatic rings. The summed E-state index contributed by atoms with van der Waals surface area (Å²) >= 11 is 9.81. The average Bonchev–Trinajstić information content (AvgIpc) is 3.80. The van der Waals surface area contributed by atoms with Gasteiger partial charge in [-0.1, -0.05) is 222 Å². The number of amides is 2. The zero-order chi connectivity index (χ0) is 48.8. The Morgan fingerprint density at radius 1 is 0.704 bits per heavy atom. The highest BCUT2D eigenvalue weighted by molar-refractivity contribution is 8.03. The summed E-state index contributed by atoms with van der Waals surface area (Å²) in [5, 5.41) is 12.0. The van der Waals surface area contributed by atoms with E-state index in [-0.39, 0.29) is 21.4 Å². The second-order valence-electron chi connectivity index (χ2n) is 16.7. The van der Waals surface area contributed by atoms with Crippen LogP contribution in [-0.4, -0.2) is 57.6 Å². The smallest absolute Gasteiger partial charge is 0.355 e. The van der Waals surface area contributed by atoms with Crippen molar-refractivity contribution in [3.8, 4) is 0 Å². The molecule has 0 aliphatic carbocycles. The minimum atomic E-state index is -1.39. The Balaban J connectivity index is 1.09. The van der Waals surface area contributed by atoms with E-state index >= 15 is 4.79 Å². The van der Waals surface area contributed by atoms with Crippen LogP contribution < -0.4 is 10.6 Å². The van der Waals surface area contributed by atoms with Crippen molar-refractivity contribution in [2.24, 2.45) is 5.16 Å². The first-order valence-electron chi connectivity index (χ1n) is 22.9. The van der Waals surface area contributed by atoms with Crippen LogP contribution in [0.2, 0.25) is 4.34 Å². The lowest BCUT2D eigenvalue weighted by molar-refractivity contribution is -0.156. The molecule has 0 spiro atoms. The number of benzene rings is 6. The summed E-state index contributed by atoms with van der Waals surface area (Å²) in [5.41, 5.74) is 2.54. The Bertz CT molecular complexity index is 3030. The van der Waals surface area contributed by atoms with Gasteiger partial charge < -0.3 is 20.2 Å². The van der Waals surface area contributed by atoms with Gasteiger partial charge in [0.2, 0.25) is 5.60 Å². The molecule has 1 saturated heterocycles. The van der Waals surface area contributed by atoms with Gasteiger partial charge in [-0.05, 0) is 41.7 Å². The van der Waals surface area contributed by atoms with E-state index in [4.69, 9.17) is 31.3 Å². The van der Waals surface area contributed by atoms with E-state index < -0.39 is 41.0 Å². The molecule has 0 saturated carbocycles. The number of nitrogens with zero attached hydrogens (tertiary/aromatic N) is 4. The number of oxime groups is 1. The number of thiazole rings is 1. The van der Waals surface area contributed by atoms with Crippen LogP contribution in [0.3, 0.4) is 0 Å². The lowest BCUT2D eigenvalue weighted by Gasteiger charge is -2.50. The van der Waals surface area contributed by atoms with Gasteiger partial charge in [-0.2, -0.15) is 0 Å². The van der Waals surface area contributed by atoms with Gasteiger partial charge in [0.1, 0.15) is 27.3 Å². The fraction of sp³-hybridized carbons (Fsp3) is 0.123. The van der Waals surface area contributed by atoms with E-state index in [9.17, 15) is 9.59 Å². The third-order valence-corrected chi connectivity index (χ3v) is 15.0. The number of halogens is 1. The molecule has 4 heterocycles. The van der Waals surface area contributed by atoms with Crippen LogP contribution in [0.25, 0.3) is 0 Å². The molecule has 71 heavy (non-hydrogen) atoms. The number of esters is 1. The standard InChI is InChI=1S/C57H45ClN6O5S2/c1-68-54(67)50-46(70-44-34-36-59-37-35-44)33-32-45-47(53(66)64(45)50)60-52(65)49(63-69-57(41-26-14-5-15-27-41,42-28-16-6-17-29-42)43-30-18-7-19-31-43)48-51(58)71-55(61-48)62-56(38-20-8-2-9-21-38,39-22-10-3-11-23-39)40-24-12-4-13-25-40/h2-31,34-37,45,47H,32-33H2,1H3,(H,60,65)(H,61,62)/t45-,47+/m1/s1. The summed E-state index contributed by atoms with van der Waals surface area (Å²) in [5.74, 6) is -1.88. The van der Waals surface area contributed by atoms with Gasteiger partial charge in [0, 0.05) is 38.9 Å². The van der Waals surface area contributed by atoms with Crippen molar-refractivity contribution >= 4 is 63.3 Å². The van der Waals surface area contributed by atoms with Gasteiger partial charge in [0.05, 0.1) is 13.2 Å². The van der Waals surface area contributed by atoms with Crippen LogP contribution in [0.1, 0.15) is 51.9 Å². The molecule has 0 unspecified atom stereocenters. The number of rotatable bonds is 16. The normalized spacial score (nSPS) is 15.8. The number of carbonyl (C=O) groups excluding carboxylic acids is 3. The van der Waals surface area contributed by atoms with Crippen LogP contribution in [0.4, 0.5) is 5.13 Å². The summed E-state index contributed by atoms with van der Waals surface area (Å²) in [6, 6.07) is 61.2. The fourth-order valence-corrected chi connectivity index (χ4v) is 11.5. The minimum absolute atomic E-state index is 0.0290. The third kappa shape index (κ3) is 8.99. The predicted molar refractivity (Wildman–Crippen MR) is 278 cm³/mol. The molecular weight excluding hydrogens is 948 g/mol. The van der Waals surface area contributed by atoms with Gasteiger partial charge in [-0.25, -0.2) is 9.78 Å². The van der Waals surface area contributed by atoms with Crippen LogP contribution in [0, 0.1) is 0 Å². The number of aromatic nitrogens is 2. The Hall–Kier alpha value is -7.84. The van der Waals surface area contributed by atoms with Crippen LogP contribution >= 0.6 is 34.7 Å². The van der Waals surface area contributed by atoms with Gasteiger partial charge in [-0.3, -0.25) is 19.5 Å². The van der Waals surface area contributed by atoms with Crippen molar-refractivity contribution in [3.63, 3.8) is 0 Å². The molecule has 11 nitrogen and oxygen atoms in total. The Morgan fingerprint density at radius 2 is 1.17 bits per heavy atom. The summed E-state index contributed by atoms with van der Waals surface area (Å²) in [6.45, 7) is 0. The quantitative estimate of drug-likeness (QED) is 0.0319. The lowest BCUT2D eigenvalue weighted by atomic mass is 9.77. The SMILES string of the molecule is COC(=O)C1=C(Sc2ccncc2)CC[C@@H]2[C@H](NC(=O)C(=NOC(c3ccccc3)(c3ccccc3)c3ccccc3)c3nc(NC(c4ccccc4)(c4ccccc4)c4ccccc4)sc3Cl)C(=O)N12. The Kier molecular flexibility index (Phi) is 13.6. The zero-order valence-electron chi connectivity index (χ0n) is 38.2. The van der Waals surface area contributed by atoms with E-state index in [1.165, 1.54) is 23.8 Å². The van der Waals surface area contributed by atoms with Crippen molar-refractivity contribution in [1.82, 2.24) is 20.2 Å². The molecule has 6 aromatic carbocycles. The highest BCUT2D eigenvalue weighted by Crippen LogP contribution is 2.46. The number of β-lactam (4-membered cyclic amide) rings is 1. The molecule has 2 amide bonds. The number of ether oxygens (including phenoxy) is 1. The fourth-order valence-electron chi connectivity index (χ4n) is 9.40. The maximum atomic E-state index is 15.3. The molecular formula is C57H45ClN6O5S2. The number of hydrogen-bond donors (Lipinski definition) is 2. The molecule has 8 aromatic rings. The van der Waals surface area contributed by atoms with Gasteiger partial charge >= 0.3 is 5.97 Å². The molecule has 2 atom stereocenters. The largest absolute Gasteiger partial charge is 0.464 e. The number of methoxy groups -OCH3 is 1. The zero-order valence-corrected chi connectivity index (χ0v) is 40.6. The number of fused-ring (bicyclic) bond motifs is 1. The number of nitrogens with one attached hydrogen (secondary N) is 2. The lowest BCUT2D eigenvalue weighted by Crippen LogP contribution is -2.72. The molecule has 2 aromatic heterocycles. The van der Waals surface area contributed by atoms with Crippen molar-refractivity contribution in [3.05, 3.63) is 261 Å². The molecule has 352 valence electrons. The molecule has 0 radical (unpaired) electrons. The van der Waals surface area contributed by atoms with E-state index in [2.05, 4.69) is 52.0 Å². The highest BCUT2D eigenvalue weighted by Gasteiger charge is 2.54. The minimum Gasteiger partial charge on any atom is -0.464 e. The summed E-state index contributed by atoms with van der Waals surface area (Å²) in [6.07, 6.45) is 4.24. The summed E-state index contributed by atoms with van der Waals surface area (Å²) < 4.78 is 5.36. The van der Waals surface area contributed by atoms with Gasteiger partial charge in [0.25, 0.3) is 11.8 Å². The molecule has 0 bridgehead atoms. The van der Waals surface area contributed by atoms with Crippen molar-refractivity contribution in [2.75, 3.05) is 12.4 Å². The highest BCUT2D eigenvalue weighted by atomic mass is 35.5. The number of pyridine rings is 1. The van der Waals surface area contributed by atoms with E-state index in [1.54, 1.807) is 12.4 Å². The first-order valence-corrected chi connectivity index (χ1v) is 24.9. The number of carbonyl (C=O) groups is 3. The van der Waals surface area contributed by atoms with E-state index in [0.717, 1.165) is 49.6 Å². The van der Waals surface area contributed by atoms with Crippen molar-refractivity contribution in [2.45, 2.75) is 41.0 Å². The second kappa shape index (κ2) is 20.6. The number of hydrogen-bond acceptors (Lipinski definition) is 11. The van der Waals surface area contributed by atoms with Crippen LogP contribution in [-0.2, 0) is 35.1 Å². The topological polar surface area (TPSA) is 135 Å². The summed E-state index contributed by atoms with van der Waals surface area (Å²) in [4.78, 5) is 62.1. The van der Waals surface area contributed by atoms with Crippen LogP contribution in [0.5, 0.6) is 0 Å². The number of thioether (sulfide) groups is 1. The molecule has 10 rings (SSSR count). The van der Waals surface area contributed by atoms with Gasteiger partial charge in [0.15, 0.2) is 10.8 Å². The maximum Gasteiger partial charge on any atom is 0.355 e. The maximum absolute atomic E-state index is 15.3. The number of allylic oxidation sites excluding steroid dienone is 1. The second-order valence-corrected chi connectivity index (χ2v) is 19.5. The van der Waals surface area contributed by atoms with Crippen molar-refractivity contribution < 1.29 is 24.0 Å². The van der Waals surface area contributed by atoms with E-state index in [1.807, 2.05) is 158 Å². The monoisotopic (exact) mass is 992 g/mol. The van der Waals surface area contributed by atoms with Crippen molar-refractivity contribution in [1.29, 1.82) is 0 Å². The van der Waals surface area contributed by atoms with Gasteiger partial charge in [-0.15, -0.1) is 0 Å². The predicted octanol–water partition coefficient (Wildman–Crippen LogP) is 11.0. The Morgan fingerprint density at radius 3 is 1.63 bits per heavy atom. The Labute approximate surface area is 424 Å². The molecule has 14 heteroatoms.